The molecule has 0 bridgehead atoms. The minimum Gasteiger partial charge on any atom is -0.480 e. The van der Waals surface area contributed by atoms with Crippen LogP contribution in [0.2, 0.25) is 0 Å². The second-order valence-corrected chi connectivity index (χ2v) is 21.4. The summed E-state index contributed by atoms with van der Waals surface area (Å²) in [6, 6.07) is 12.6. The molecule has 316 valence electrons. The zero-order chi connectivity index (χ0) is 43.6. The number of carbonyl (C=O) groups excluding carboxylic acids is 2. The third-order valence-electron chi connectivity index (χ3n) is 7.58. The summed E-state index contributed by atoms with van der Waals surface area (Å²) >= 11 is 16.8. The summed E-state index contributed by atoms with van der Waals surface area (Å²) in [5.41, 5.74) is 13.1. The van der Waals surface area contributed by atoms with Gasteiger partial charge in [-0.3, -0.25) is 9.59 Å². The SMILES string of the molecule is NC(CCc1cc(I)c(Oc2cc(I)c(OC(=O)COCCOCC(=O)Oc3c(I)cc(Oc4c(I)cc(CC(N)C(=O)O)cc4I)cc3I)c(I)c2)c(I)c1)C(=O)O. The third kappa shape index (κ3) is 16.2. The molecule has 0 fully saturated rings. The van der Waals surface area contributed by atoms with Crippen molar-refractivity contribution < 1.29 is 57.8 Å². The van der Waals surface area contributed by atoms with Gasteiger partial charge in [0.1, 0.15) is 36.8 Å². The summed E-state index contributed by atoms with van der Waals surface area (Å²) in [6.45, 7) is -0.639. The van der Waals surface area contributed by atoms with Gasteiger partial charge in [-0.2, -0.15) is 0 Å². The maximum atomic E-state index is 12.6. The second-order valence-electron chi connectivity index (χ2n) is 12.1. The Morgan fingerprint density at radius 1 is 0.508 bits per heavy atom. The Balaban J connectivity index is 1.21. The van der Waals surface area contributed by atoms with E-state index in [9.17, 15) is 19.2 Å². The van der Waals surface area contributed by atoms with Gasteiger partial charge in [0.25, 0.3) is 0 Å². The number of hydrogen-bond acceptors (Lipinski definition) is 12. The maximum absolute atomic E-state index is 12.6. The summed E-state index contributed by atoms with van der Waals surface area (Å²) in [6.07, 6.45) is 1.02. The lowest BCUT2D eigenvalue weighted by atomic mass is 10.1. The lowest BCUT2D eigenvalue weighted by Crippen LogP contribution is -2.32. The molecule has 2 unspecified atom stereocenters. The highest BCUT2D eigenvalue weighted by Crippen LogP contribution is 2.39. The van der Waals surface area contributed by atoms with E-state index in [1.807, 2.05) is 24.3 Å². The fourth-order valence-corrected chi connectivity index (χ4v) is 12.9. The van der Waals surface area contributed by atoms with Crippen molar-refractivity contribution in [3.8, 4) is 34.5 Å². The molecule has 0 heterocycles. The second kappa shape index (κ2) is 24.9. The molecule has 0 aliphatic carbocycles. The summed E-state index contributed by atoms with van der Waals surface area (Å²) in [7, 11) is 0. The molecule has 2 atom stereocenters. The van der Waals surface area contributed by atoms with Crippen molar-refractivity contribution in [1.82, 2.24) is 0 Å². The van der Waals surface area contributed by atoms with Gasteiger partial charge in [0, 0.05) is 0 Å². The Labute approximate surface area is 447 Å². The van der Waals surface area contributed by atoms with E-state index in [0.29, 0.717) is 61.6 Å². The number of carbonyl (C=O) groups is 4. The molecule has 4 aromatic carbocycles. The zero-order valence-corrected chi connectivity index (χ0v) is 47.1. The molecule has 0 radical (unpaired) electrons. The topological polar surface area (TPSA) is 216 Å². The van der Waals surface area contributed by atoms with Crippen molar-refractivity contribution in [3.63, 3.8) is 0 Å². The molecule has 6 N–H and O–H groups in total. The van der Waals surface area contributed by atoms with Gasteiger partial charge in [-0.05, 0) is 260 Å². The summed E-state index contributed by atoms with van der Waals surface area (Å²) in [4.78, 5) is 47.4. The number of aryl methyl sites for hydroxylation is 1. The molecular weight excluding hydrogens is 1680 g/mol. The Morgan fingerprint density at radius 3 is 1.20 bits per heavy atom. The molecule has 59 heavy (non-hydrogen) atoms. The van der Waals surface area contributed by atoms with Crippen LogP contribution in [0.3, 0.4) is 0 Å². The average molecular weight is 1710 g/mol. The van der Waals surface area contributed by atoms with Crippen LogP contribution in [0.15, 0.2) is 48.5 Å². The van der Waals surface area contributed by atoms with Gasteiger partial charge < -0.3 is 50.1 Å². The van der Waals surface area contributed by atoms with Gasteiger partial charge in [0.05, 0.1) is 41.8 Å². The molecule has 0 aliphatic rings. The standard InChI is InChI=1S/C37H30I8N2O12/c38-20-5-16(1-2-28(46)36(50)51)6-21(39)32(20)56-18-10-24(42)34(25(43)11-18)58-30(48)14-54-3-4-55-15-31(49)59-35-26(44)12-19(13-27(35)45)57-33-22(40)7-17(8-23(33)41)9-29(47)37(52)53/h5-8,10-13,28-29H,1-4,9,14-15,46-47H2,(H,50,51)(H,52,53). The van der Waals surface area contributed by atoms with Crippen molar-refractivity contribution >= 4 is 205 Å². The van der Waals surface area contributed by atoms with Gasteiger partial charge in [-0.15, -0.1) is 0 Å². The van der Waals surface area contributed by atoms with Gasteiger partial charge in [-0.1, -0.05) is 0 Å². The lowest BCUT2D eigenvalue weighted by molar-refractivity contribution is -0.143. The first-order valence-corrected chi connectivity index (χ1v) is 25.3. The average Bonchev–Trinajstić information content (AvgIpc) is 3.14. The number of hydrogen-bond donors (Lipinski definition) is 4. The van der Waals surface area contributed by atoms with E-state index in [2.05, 4.69) is 181 Å². The van der Waals surface area contributed by atoms with Crippen molar-refractivity contribution in [1.29, 1.82) is 0 Å². The van der Waals surface area contributed by atoms with E-state index >= 15 is 0 Å². The summed E-state index contributed by atoms with van der Waals surface area (Å²) in [5, 5.41) is 18.2. The number of ether oxygens (including phenoxy) is 6. The van der Waals surface area contributed by atoms with Gasteiger partial charge in [-0.25, -0.2) is 9.59 Å². The molecule has 14 nitrogen and oxygen atoms in total. The van der Waals surface area contributed by atoms with Crippen LogP contribution in [0, 0.1) is 28.6 Å². The first kappa shape index (κ1) is 51.7. The largest absolute Gasteiger partial charge is 0.480 e. The number of halogens is 8. The Morgan fingerprint density at radius 2 is 0.847 bits per heavy atom. The molecule has 0 spiro atoms. The first-order valence-electron chi connectivity index (χ1n) is 16.7. The van der Waals surface area contributed by atoms with E-state index < -0.39 is 36.0 Å². The molecule has 0 amide bonds. The normalized spacial score (nSPS) is 12.1. The molecule has 0 aromatic heterocycles. The van der Waals surface area contributed by atoms with Crippen molar-refractivity contribution in [2.45, 2.75) is 31.3 Å². The molecule has 4 rings (SSSR count). The number of nitrogens with two attached hydrogens (primary N) is 2. The monoisotopic (exact) mass is 1710 g/mol. The number of carboxylic acids is 2. The van der Waals surface area contributed by atoms with Crippen LogP contribution < -0.4 is 30.4 Å². The highest BCUT2D eigenvalue weighted by atomic mass is 127. The summed E-state index contributed by atoms with van der Waals surface area (Å²) < 4.78 is 40.2. The van der Waals surface area contributed by atoms with Crippen molar-refractivity contribution in [2.24, 2.45) is 11.5 Å². The van der Waals surface area contributed by atoms with Crippen molar-refractivity contribution in [3.05, 3.63) is 88.2 Å². The smallest absolute Gasteiger partial charge is 0.337 e. The van der Waals surface area contributed by atoms with E-state index in [0.717, 1.165) is 25.4 Å². The van der Waals surface area contributed by atoms with E-state index in [-0.39, 0.29) is 32.8 Å². The van der Waals surface area contributed by atoms with Crippen LogP contribution in [-0.2, 0) is 41.5 Å². The van der Waals surface area contributed by atoms with E-state index in [1.165, 1.54) is 0 Å². The van der Waals surface area contributed by atoms with Crippen LogP contribution in [0.5, 0.6) is 34.5 Å². The number of benzene rings is 4. The highest BCUT2D eigenvalue weighted by Gasteiger charge is 2.20. The molecule has 0 aliphatic heterocycles. The number of esters is 2. The van der Waals surface area contributed by atoms with Crippen LogP contribution in [-0.4, -0.2) is 72.6 Å². The van der Waals surface area contributed by atoms with Crippen LogP contribution >= 0.6 is 181 Å². The quantitative estimate of drug-likeness (QED) is 0.0281. The fraction of sp³-hybridized carbons (Fsp3) is 0.243. The molecule has 22 heteroatoms. The molecule has 0 saturated carbocycles. The van der Waals surface area contributed by atoms with Crippen LogP contribution in [0.4, 0.5) is 0 Å². The molecular formula is C37H30I8N2O12. The zero-order valence-electron chi connectivity index (χ0n) is 29.9. The van der Waals surface area contributed by atoms with E-state index in [4.69, 9.17) is 50.1 Å². The fourth-order valence-electron chi connectivity index (χ4n) is 4.81. The minimum absolute atomic E-state index is 0.0250. The minimum atomic E-state index is -1.07. The highest BCUT2D eigenvalue weighted by molar-refractivity contribution is 14.1. The van der Waals surface area contributed by atoms with Crippen LogP contribution in [0.25, 0.3) is 0 Å². The lowest BCUT2D eigenvalue weighted by Gasteiger charge is -2.15. The predicted octanol–water partition coefficient (Wildman–Crippen LogP) is 8.95. The molecule has 0 saturated heterocycles. The predicted molar refractivity (Wildman–Crippen MR) is 284 cm³/mol. The van der Waals surface area contributed by atoms with Crippen LogP contribution in [0.1, 0.15) is 17.5 Å². The third-order valence-corrected chi connectivity index (χ3v) is 14.0. The van der Waals surface area contributed by atoms with E-state index in [1.54, 1.807) is 24.3 Å². The number of aliphatic carboxylic acids is 2. The Hall–Kier alpha value is 0.0400. The summed E-state index contributed by atoms with van der Waals surface area (Å²) in [5.74, 6) is -0.296. The first-order chi connectivity index (χ1) is 27.8. The molecule has 4 aromatic rings. The number of carboxylic acid groups (broad SMARTS) is 2. The van der Waals surface area contributed by atoms with Gasteiger partial charge in [0.15, 0.2) is 23.0 Å². The number of rotatable bonds is 20. The Kier molecular flexibility index (Phi) is 21.8. The Bertz CT molecular complexity index is 2140. The van der Waals surface area contributed by atoms with Crippen molar-refractivity contribution in [2.75, 3.05) is 26.4 Å². The van der Waals surface area contributed by atoms with Gasteiger partial charge >= 0.3 is 23.9 Å². The van der Waals surface area contributed by atoms with Gasteiger partial charge in [0.2, 0.25) is 0 Å². The maximum Gasteiger partial charge on any atom is 0.337 e.